The Hall–Kier alpha value is -2.71. The summed E-state index contributed by atoms with van der Waals surface area (Å²) in [5.41, 5.74) is 2.94. The van der Waals surface area contributed by atoms with Gasteiger partial charge in [0.05, 0.1) is 24.1 Å². The minimum absolute atomic E-state index is 0.0229. The number of hydrogen-bond acceptors (Lipinski definition) is 8. The molecular formula is C18H19NO7. The molecule has 3 unspecified atom stereocenters. The number of rotatable bonds is 0. The van der Waals surface area contributed by atoms with E-state index in [1.54, 1.807) is 13.0 Å². The summed E-state index contributed by atoms with van der Waals surface area (Å²) in [7, 11) is 0. The minimum atomic E-state index is -2.64. The van der Waals surface area contributed by atoms with Gasteiger partial charge in [0.15, 0.2) is 11.4 Å². The van der Waals surface area contributed by atoms with E-state index in [4.69, 9.17) is 5.73 Å². The highest BCUT2D eigenvalue weighted by molar-refractivity contribution is 6.35. The molecule has 3 rings (SSSR count). The molecule has 0 bridgehead atoms. The second-order valence-electron chi connectivity index (χ2n) is 6.72. The molecule has 0 amide bonds. The van der Waals surface area contributed by atoms with Gasteiger partial charge in [-0.15, -0.1) is 0 Å². The number of fused-ring (bicyclic) bond motifs is 2. The van der Waals surface area contributed by atoms with E-state index in [9.17, 15) is 34.8 Å². The van der Waals surface area contributed by atoms with Crippen LogP contribution in [0.2, 0.25) is 0 Å². The molecule has 26 heavy (non-hydrogen) atoms. The van der Waals surface area contributed by atoms with Crippen molar-refractivity contribution >= 4 is 17.3 Å². The molecule has 0 heterocycles. The molecule has 0 aromatic heterocycles. The van der Waals surface area contributed by atoms with E-state index in [2.05, 4.69) is 0 Å². The summed E-state index contributed by atoms with van der Waals surface area (Å²) >= 11 is 0. The zero-order valence-corrected chi connectivity index (χ0v) is 14.0. The Morgan fingerprint density at radius 2 is 1.73 bits per heavy atom. The molecule has 0 aliphatic heterocycles. The Labute approximate surface area is 148 Å². The highest BCUT2D eigenvalue weighted by atomic mass is 16.3. The van der Waals surface area contributed by atoms with Gasteiger partial charge in [0.2, 0.25) is 11.6 Å². The highest BCUT2D eigenvalue weighted by Crippen LogP contribution is 2.50. The lowest BCUT2D eigenvalue weighted by atomic mass is 9.56. The fraction of sp³-hybridized carbons (Fsp3) is 0.389. The van der Waals surface area contributed by atoms with Crippen LogP contribution in [-0.2, 0) is 14.4 Å². The van der Waals surface area contributed by atoms with Gasteiger partial charge in [-0.3, -0.25) is 14.4 Å². The van der Waals surface area contributed by atoms with Crippen LogP contribution in [0.5, 0.6) is 0 Å². The van der Waals surface area contributed by atoms with Gasteiger partial charge in [-0.2, -0.15) is 0 Å². The number of Topliss-reactive ketones (excluding diaryl/α,β-unsaturated/α-hetero) is 3. The van der Waals surface area contributed by atoms with Crippen LogP contribution >= 0.6 is 0 Å². The Kier molecular flexibility index (Phi) is 4.12. The predicted molar refractivity (Wildman–Crippen MR) is 89.0 cm³/mol. The van der Waals surface area contributed by atoms with Gasteiger partial charge < -0.3 is 26.2 Å². The number of hydrogen-bond donors (Lipinski definition) is 5. The molecule has 138 valence electrons. The van der Waals surface area contributed by atoms with Crippen molar-refractivity contribution in [2.45, 2.75) is 31.4 Å². The van der Waals surface area contributed by atoms with E-state index in [-0.39, 0.29) is 30.2 Å². The average molecular weight is 361 g/mol. The number of aliphatic hydroxyl groups is 4. The zero-order chi connectivity index (χ0) is 19.4. The Morgan fingerprint density at radius 1 is 1.12 bits per heavy atom. The fourth-order valence-electron chi connectivity index (χ4n) is 4.21. The second kappa shape index (κ2) is 5.93. The maximum absolute atomic E-state index is 13.0. The number of aliphatic hydroxyl groups excluding tert-OH is 3. The second-order valence-corrected chi connectivity index (χ2v) is 6.72. The number of carbonyl (C=O) groups is 3. The highest BCUT2D eigenvalue weighted by Gasteiger charge is 2.64. The summed E-state index contributed by atoms with van der Waals surface area (Å²) in [6, 6.07) is -1.34. The van der Waals surface area contributed by atoms with E-state index in [1.165, 1.54) is 0 Å². The molecule has 3 aliphatic rings. The Morgan fingerprint density at radius 3 is 2.27 bits per heavy atom. The average Bonchev–Trinajstić information content (AvgIpc) is 2.62. The van der Waals surface area contributed by atoms with Gasteiger partial charge in [0.25, 0.3) is 0 Å². The largest absolute Gasteiger partial charge is 0.515 e. The van der Waals surface area contributed by atoms with Crippen LogP contribution in [0.1, 0.15) is 19.8 Å². The van der Waals surface area contributed by atoms with Gasteiger partial charge in [-0.25, -0.2) is 0 Å². The van der Waals surface area contributed by atoms with Crippen molar-refractivity contribution < 1.29 is 34.8 Å². The summed E-state index contributed by atoms with van der Waals surface area (Å²) in [6.45, 7) is 1.70. The summed E-state index contributed by atoms with van der Waals surface area (Å²) < 4.78 is 0. The van der Waals surface area contributed by atoms with Crippen molar-refractivity contribution in [2.24, 2.45) is 17.6 Å². The molecule has 0 aromatic carbocycles. The van der Waals surface area contributed by atoms with Crippen LogP contribution in [0.15, 0.2) is 46.7 Å². The number of ketones is 3. The van der Waals surface area contributed by atoms with E-state index in [0.717, 1.165) is 0 Å². The molecule has 2 fully saturated rings. The Bertz CT molecular complexity index is 848. The number of allylic oxidation sites excluding steroid dienone is 2. The van der Waals surface area contributed by atoms with Crippen molar-refractivity contribution in [3.05, 3.63) is 46.7 Å². The fourth-order valence-corrected chi connectivity index (χ4v) is 4.21. The molecule has 8 heteroatoms. The summed E-state index contributed by atoms with van der Waals surface area (Å²) in [5, 5.41) is 40.0. The monoisotopic (exact) mass is 361 g/mol. The van der Waals surface area contributed by atoms with Gasteiger partial charge in [0, 0.05) is 11.5 Å². The van der Waals surface area contributed by atoms with Crippen LogP contribution in [0.3, 0.4) is 0 Å². The molecule has 8 nitrogen and oxygen atoms in total. The lowest BCUT2D eigenvalue weighted by molar-refractivity contribution is -0.162. The summed E-state index contributed by atoms with van der Waals surface area (Å²) in [4.78, 5) is 37.8. The first-order valence-electron chi connectivity index (χ1n) is 8.13. The molecule has 6 N–H and O–H groups in total. The molecule has 2 saturated carbocycles. The molecule has 0 radical (unpaired) electrons. The minimum Gasteiger partial charge on any atom is -0.515 e. The van der Waals surface area contributed by atoms with Crippen LogP contribution in [-0.4, -0.2) is 49.4 Å². The Balaban J connectivity index is 2.22. The first-order chi connectivity index (χ1) is 12.2. The van der Waals surface area contributed by atoms with Crippen LogP contribution in [0.4, 0.5) is 0 Å². The van der Waals surface area contributed by atoms with Crippen LogP contribution in [0, 0.1) is 11.8 Å². The maximum Gasteiger partial charge on any atom is 0.209 e. The number of carbonyl (C=O) groups excluding carboxylic acids is 3. The molecule has 0 spiro atoms. The normalized spacial score (nSPS) is 39.6. The van der Waals surface area contributed by atoms with Crippen molar-refractivity contribution in [2.75, 3.05) is 0 Å². The standard InChI is InChI=1S/C18H19NO7/c1-2-7-3-8-4-11-13(19)15(23)10(6-21)16(24)18(11,26)17(25)12(8)14(22)9(7)5-20/h2,5-6,8,11,13,20-22,26H,3-4,19H2,1H3/b7-2+,9-5-,10-6?/t8?,11?,13?,18-/m1/s1. The first kappa shape index (κ1) is 18.1. The molecule has 0 aromatic rings. The predicted octanol–water partition coefficient (Wildman–Crippen LogP) is 0.448. The lowest BCUT2D eigenvalue weighted by Gasteiger charge is -2.48. The van der Waals surface area contributed by atoms with Crippen molar-refractivity contribution in [1.29, 1.82) is 0 Å². The van der Waals surface area contributed by atoms with E-state index >= 15 is 0 Å². The third-order valence-corrected chi connectivity index (χ3v) is 5.60. The topological polar surface area (TPSA) is 158 Å². The maximum atomic E-state index is 13.0. The lowest BCUT2D eigenvalue weighted by Crippen LogP contribution is -2.68. The van der Waals surface area contributed by atoms with Crippen LogP contribution in [0.25, 0.3) is 0 Å². The zero-order valence-electron chi connectivity index (χ0n) is 14.0. The van der Waals surface area contributed by atoms with Gasteiger partial charge in [-0.05, 0) is 31.3 Å². The first-order valence-corrected chi connectivity index (χ1v) is 8.13. The molecular weight excluding hydrogens is 342 g/mol. The van der Waals surface area contributed by atoms with E-state index in [1.807, 2.05) is 0 Å². The van der Waals surface area contributed by atoms with Gasteiger partial charge >= 0.3 is 0 Å². The van der Waals surface area contributed by atoms with E-state index in [0.29, 0.717) is 11.8 Å². The van der Waals surface area contributed by atoms with E-state index < -0.39 is 52.2 Å². The van der Waals surface area contributed by atoms with Gasteiger partial charge in [-0.1, -0.05) is 6.08 Å². The molecule has 0 saturated heterocycles. The summed E-state index contributed by atoms with van der Waals surface area (Å²) in [5.74, 6) is -5.37. The quantitative estimate of drug-likeness (QED) is 0.180. The van der Waals surface area contributed by atoms with Crippen molar-refractivity contribution in [3.63, 3.8) is 0 Å². The van der Waals surface area contributed by atoms with Gasteiger partial charge in [0.1, 0.15) is 11.3 Å². The molecule has 3 aliphatic carbocycles. The third kappa shape index (κ3) is 2.06. The van der Waals surface area contributed by atoms with Crippen molar-refractivity contribution in [1.82, 2.24) is 0 Å². The number of nitrogens with two attached hydrogens (primary N) is 1. The third-order valence-electron chi connectivity index (χ3n) is 5.60. The SMILES string of the molecule is C/C=C1\CC2CC3C(N)C(=O)C(=CO)C(=O)[C@@]3(O)C(=O)C2=C(O)\C1=C/O. The van der Waals surface area contributed by atoms with Crippen molar-refractivity contribution in [3.8, 4) is 0 Å². The summed E-state index contributed by atoms with van der Waals surface area (Å²) in [6.07, 6.45) is 2.87. The smallest absolute Gasteiger partial charge is 0.209 e. The molecule has 4 atom stereocenters. The van der Waals surface area contributed by atoms with Crippen LogP contribution < -0.4 is 5.73 Å².